The quantitative estimate of drug-likeness (QED) is 0.792. The van der Waals surface area contributed by atoms with E-state index in [0.29, 0.717) is 18.4 Å². The molecule has 2 aromatic rings. The fraction of sp³-hybridized carbons (Fsp3) is 0.438. The Bertz CT molecular complexity index is 683. The van der Waals surface area contributed by atoms with Crippen molar-refractivity contribution >= 4 is 29.4 Å². The van der Waals surface area contributed by atoms with Crippen LogP contribution in [0.4, 0.5) is 0 Å². The van der Waals surface area contributed by atoms with E-state index < -0.39 is 6.64 Å². The van der Waals surface area contributed by atoms with E-state index in [1.165, 1.54) is 12.8 Å². The Kier molecular flexibility index (Phi) is 5.09. The van der Waals surface area contributed by atoms with Crippen molar-refractivity contribution < 1.29 is 9.05 Å². The average molecular weight is 336 g/mol. The molecule has 0 saturated heterocycles. The summed E-state index contributed by atoms with van der Waals surface area (Å²) in [5.74, 6) is 0.695. The second-order valence-corrected chi connectivity index (χ2v) is 8.58. The van der Waals surface area contributed by atoms with Gasteiger partial charge in [-0.15, -0.1) is 0 Å². The van der Waals surface area contributed by atoms with Crippen LogP contribution in [0.3, 0.4) is 0 Å². The number of pyridine rings is 1. The lowest BCUT2D eigenvalue weighted by Crippen LogP contribution is -2.26. The third kappa shape index (κ3) is 3.66. The highest BCUT2D eigenvalue weighted by molar-refractivity contribution is 8.09. The molecule has 22 heavy (non-hydrogen) atoms. The van der Waals surface area contributed by atoms with E-state index in [0.717, 1.165) is 23.7 Å². The zero-order valence-electron chi connectivity index (χ0n) is 12.7. The van der Waals surface area contributed by atoms with Crippen molar-refractivity contribution in [2.75, 3.05) is 6.61 Å². The molecule has 1 heterocycles. The molecule has 0 radical (unpaired) electrons. The summed E-state index contributed by atoms with van der Waals surface area (Å²) in [6.45, 7) is -0.0680. The molecule has 0 amide bonds. The highest BCUT2D eigenvalue weighted by Crippen LogP contribution is 2.47. The lowest BCUT2D eigenvalue weighted by molar-refractivity contribution is 0.317. The van der Waals surface area contributed by atoms with Crippen molar-refractivity contribution in [3.05, 3.63) is 36.5 Å². The van der Waals surface area contributed by atoms with Crippen molar-refractivity contribution in [2.24, 2.45) is 0 Å². The fourth-order valence-electron chi connectivity index (χ4n) is 2.82. The first kappa shape index (κ1) is 15.9. The third-order valence-electron chi connectivity index (χ3n) is 3.81. The van der Waals surface area contributed by atoms with Crippen LogP contribution in [0.1, 0.15) is 32.6 Å². The molecule has 0 bridgehead atoms. The van der Waals surface area contributed by atoms with Gasteiger partial charge in [0.05, 0.1) is 6.61 Å². The molecule has 1 N–H and O–H groups in total. The lowest BCUT2D eigenvalue weighted by atomic mass is 10.2. The number of hydrogen-bond donors (Lipinski definition) is 1. The smallest absolute Gasteiger partial charge is 0.313 e. The topological polar surface area (TPSA) is 43.4 Å². The maximum absolute atomic E-state index is 6.15. The molecular formula is C16H21N2O2PS. The molecule has 3 rings (SSSR count). The summed E-state index contributed by atoms with van der Waals surface area (Å²) in [7, 11) is 0. The minimum absolute atomic E-state index is 0.403. The first-order valence-corrected chi connectivity index (χ1v) is 10.4. The summed E-state index contributed by atoms with van der Waals surface area (Å²) < 4.78 is 12.0. The second-order valence-electron chi connectivity index (χ2n) is 5.45. The van der Waals surface area contributed by atoms with Gasteiger partial charge in [0.1, 0.15) is 5.52 Å². The Morgan fingerprint density at radius 1 is 1.27 bits per heavy atom. The Morgan fingerprint density at radius 3 is 2.82 bits per heavy atom. The van der Waals surface area contributed by atoms with Crippen LogP contribution < -0.4 is 9.61 Å². The van der Waals surface area contributed by atoms with Crippen LogP contribution in [-0.2, 0) is 16.3 Å². The molecule has 1 aliphatic rings. The molecule has 6 heteroatoms. The van der Waals surface area contributed by atoms with Crippen LogP contribution in [0.2, 0.25) is 0 Å². The summed E-state index contributed by atoms with van der Waals surface area (Å²) in [5, 5.41) is 4.50. The van der Waals surface area contributed by atoms with E-state index in [-0.39, 0.29) is 0 Å². The van der Waals surface area contributed by atoms with E-state index in [9.17, 15) is 0 Å². The highest BCUT2D eigenvalue weighted by Gasteiger charge is 2.27. The minimum atomic E-state index is -2.55. The van der Waals surface area contributed by atoms with E-state index in [4.69, 9.17) is 20.9 Å². The lowest BCUT2D eigenvalue weighted by Gasteiger charge is -2.26. The molecular weight excluding hydrogens is 315 g/mol. The number of rotatable bonds is 6. The molecule has 1 atom stereocenters. The van der Waals surface area contributed by atoms with Gasteiger partial charge in [0, 0.05) is 17.6 Å². The van der Waals surface area contributed by atoms with Crippen molar-refractivity contribution in [3.8, 4) is 5.75 Å². The van der Waals surface area contributed by atoms with Crippen molar-refractivity contribution in [1.82, 2.24) is 10.1 Å². The number of benzene rings is 1. The maximum atomic E-state index is 6.15. The van der Waals surface area contributed by atoms with Crippen LogP contribution in [0.25, 0.3) is 10.9 Å². The molecule has 0 spiro atoms. The summed E-state index contributed by atoms with van der Waals surface area (Å²) in [4.78, 5) is 4.42. The summed E-state index contributed by atoms with van der Waals surface area (Å²) in [6.07, 6.45) is 6.54. The van der Waals surface area contributed by atoms with Crippen LogP contribution in [-0.4, -0.2) is 17.6 Å². The monoisotopic (exact) mass is 336 g/mol. The van der Waals surface area contributed by atoms with Gasteiger partial charge < -0.3 is 9.05 Å². The Labute approximate surface area is 136 Å². The Hall–Kier alpha value is -1.00. The van der Waals surface area contributed by atoms with Crippen LogP contribution in [0, 0.1) is 0 Å². The first-order chi connectivity index (χ1) is 10.7. The number of nitrogens with zero attached hydrogens (tertiary/aromatic N) is 1. The largest absolute Gasteiger partial charge is 0.430 e. The average Bonchev–Trinajstić information content (AvgIpc) is 3.00. The Balaban J connectivity index is 1.87. The predicted molar refractivity (Wildman–Crippen MR) is 93.7 cm³/mol. The highest BCUT2D eigenvalue weighted by atomic mass is 32.5. The van der Waals surface area contributed by atoms with Gasteiger partial charge in [-0.3, -0.25) is 4.98 Å². The standard InChI is InChI=1S/C16H21N2O2PS/c1-2-19-21(22,18-14-9-3-4-10-14)20-15-11-5-7-13-8-6-12-17-16(13)15/h5-8,11-12,14H,2-4,9-10H2,1H3,(H,18,22). The minimum Gasteiger partial charge on any atom is -0.430 e. The van der Waals surface area contributed by atoms with E-state index >= 15 is 0 Å². The van der Waals surface area contributed by atoms with Gasteiger partial charge in [-0.05, 0) is 43.7 Å². The Morgan fingerprint density at radius 2 is 2.05 bits per heavy atom. The number of aromatic nitrogens is 1. The van der Waals surface area contributed by atoms with E-state index in [1.807, 2.05) is 37.3 Å². The van der Waals surface area contributed by atoms with E-state index in [2.05, 4.69) is 10.1 Å². The van der Waals surface area contributed by atoms with Gasteiger partial charge in [0.2, 0.25) is 0 Å². The van der Waals surface area contributed by atoms with Gasteiger partial charge in [0.15, 0.2) is 5.75 Å². The second kappa shape index (κ2) is 7.05. The van der Waals surface area contributed by atoms with Crippen LogP contribution >= 0.6 is 6.64 Å². The molecule has 4 nitrogen and oxygen atoms in total. The molecule has 1 aromatic heterocycles. The van der Waals surface area contributed by atoms with E-state index in [1.54, 1.807) is 6.20 Å². The SMILES string of the molecule is CCOP(=S)(NC1CCCC1)Oc1cccc2cccnc12. The molecule has 118 valence electrons. The molecule has 1 aromatic carbocycles. The van der Waals surface area contributed by atoms with Crippen molar-refractivity contribution in [2.45, 2.75) is 38.6 Å². The van der Waals surface area contributed by atoms with Gasteiger partial charge in [-0.25, -0.2) is 5.09 Å². The first-order valence-electron chi connectivity index (χ1n) is 7.76. The molecule has 1 aliphatic carbocycles. The maximum Gasteiger partial charge on any atom is 0.313 e. The number of nitrogens with one attached hydrogen (secondary N) is 1. The van der Waals surface area contributed by atoms with Gasteiger partial charge >= 0.3 is 6.64 Å². The number of fused-ring (bicyclic) bond motifs is 1. The van der Waals surface area contributed by atoms with Crippen molar-refractivity contribution in [3.63, 3.8) is 0 Å². The normalized spacial score (nSPS) is 18.4. The van der Waals surface area contributed by atoms with Crippen LogP contribution in [0.15, 0.2) is 36.5 Å². The van der Waals surface area contributed by atoms with Crippen LogP contribution in [0.5, 0.6) is 5.75 Å². The third-order valence-corrected chi connectivity index (χ3v) is 6.38. The molecule has 1 fully saturated rings. The zero-order valence-corrected chi connectivity index (χ0v) is 14.4. The van der Waals surface area contributed by atoms with Crippen molar-refractivity contribution in [1.29, 1.82) is 0 Å². The molecule has 0 aliphatic heterocycles. The number of hydrogen-bond acceptors (Lipinski definition) is 4. The van der Waals surface area contributed by atoms with Gasteiger partial charge in [0.25, 0.3) is 0 Å². The fourth-order valence-corrected chi connectivity index (χ4v) is 5.45. The summed E-state index contributed by atoms with van der Waals surface area (Å²) in [6, 6.07) is 10.2. The number of para-hydroxylation sites is 1. The summed E-state index contributed by atoms with van der Waals surface area (Å²) in [5.41, 5.74) is 0.826. The summed E-state index contributed by atoms with van der Waals surface area (Å²) >= 11 is 5.71. The molecule has 1 saturated carbocycles. The zero-order chi connectivity index (χ0) is 15.4. The molecule has 1 unspecified atom stereocenters. The van der Waals surface area contributed by atoms with Gasteiger partial charge in [-0.1, -0.05) is 31.0 Å². The van der Waals surface area contributed by atoms with Gasteiger partial charge in [-0.2, -0.15) is 0 Å². The predicted octanol–water partition coefficient (Wildman–Crippen LogP) is 4.41.